The first kappa shape index (κ1) is 18.9. The molecule has 8 heteroatoms. The van der Waals surface area contributed by atoms with Gasteiger partial charge in [-0.25, -0.2) is 0 Å². The Hall–Kier alpha value is -1.18. The molecule has 1 fully saturated rings. The lowest BCUT2D eigenvalue weighted by atomic mass is 10.00. The minimum atomic E-state index is -4.26. The normalized spacial score (nSPS) is 17.6. The van der Waals surface area contributed by atoms with E-state index in [1.807, 2.05) is 0 Å². The van der Waals surface area contributed by atoms with Crippen molar-refractivity contribution in [2.45, 2.75) is 18.6 Å². The highest BCUT2D eigenvalue weighted by atomic mass is 35.5. The van der Waals surface area contributed by atoms with Crippen molar-refractivity contribution in [1.82, 2.24) is 10.2 Å². The van der Waals surface area contributed by atoms with Crippen LogP contribution in [0, 0.1) is 0 Å². The summed E-state index contributed by atoms with van der Waals surface area (Å²) >= 11 is 0. The molecule has 1 aliphatic heterocycles. The number of alkyl halides is 3. The number of halogens is 4. The Balaban J connectivity index is 0.00000242. The molecule has 0 radical (unpaired) electrons. The van der Waals surface area contributed by atoms with E-state index in [1.54, 1.807) is 11.0 Å². The van der Waals surface area contributed by atoms with E-state index in [2.05, 4.69) is 5.32 Å². The van der Waals surface area contributed by atoms with Crippen molar-refractivity contribution in [3.05, 3.63) is 23.8 Å². The molecule has 1 aromatic carbocycles. The molecule has 0 amide bonds. The molecule has 1 atom stereocenters. The van der Waals surface area contributed by atoms with E-state index in [0.29, 0.717) is 31.7 Å². The highest BCUT2D eigenvalue weighted by Crippen LogP contribution is 2.37. The lowest BCUT2D eigenvalue weighted by molar-refractivity contribution is -0.148. The van der Waals surface area contributed by atoms with E-state index in [4.69, 9.17) is 4.74 Å². The van der Waals surface area contributed by atoms with Crippen molar-refractivity contribution >= 4 is 12.4 Å². The first-order valence-corrected chi connectivity index (χ1v) is 6.79. The number of benzene rings is 1. The van der Waals surface area contributed by atoms with Crippen LogP contribution in [-0.2, 0) is 0 Å². The molecule has 0 aliphatic carbocycles. The van der Waals surface area contributed by atoms with Gasteiger partial charge < -0.3 is 15.2 Å². The van der Waals surface area contributed by atoms with Crippen molar-refractivity contribution < 1.29 is 23.0 Å². The lowest BCUT2D eigenvalue weighted by Crippen LogP contribution is -2.46. The number of phenolic OH excluding ortho intramolecular Hbond substituents is 1. The van der Waals surface area contributed by atoms with Gasteiger partial charge in [-0.3, -0.25) is 4.90 Å². The predicted octanol–water partition coefficient (Wildman–Crippen LogP) is 2.72. The van der Waals surface area contributed by atoms with Gasteiger partial charge in [-0.1, -0.05) is 6.07 Å². The van der Waals surface area contributed by atoms with E-state index < -0.39 is 18.6 Å². The molecule has 0 spiro atoms. The summed E-state index contributed by atoms with van der Waals surface area (Å²) in [6.07, 6.45) is -5.19. The fraction of sp³-hybridized carbons (Fsp3) is 0.571. The summed E-state index contributed by atoms with van der Waals surface area (Å²) in [6, 6.07) is 3.65. The van der Waals surface area contributed by atoms with Crippen molar-refractivity contribution in [2.24, 2.45) is 0 Å². The molecule has 0 bridgehead atoms. The first-order valence-electron chi connectivity index (χ1n) is 6.79. The maximum Gasteiger partial charge on any atom is 0.390 e. The molecule has 126 valence electrons. The highest BCUT2D eigenvalue weighted by molar-refractivity contribution is 5.85. The van der Waals surface area contributed by atoms with E-state index in [-0.39, 0.29) is 23.9 Å². The number of piperazine rings is 1. The van der Waals surface area contributed by atoms with Gasteiger partial charge in [0.2, 0.25) is 0 Å². The molecule has 1 aliphatic rings. The Labute approximate surface area is 133 Å². The number of nitrogens with zero attached hydrogens (tertiary/aromatic N) is 1. The number of phenols is 1. The third kappa shape index (κ3) is 4.93. The van der Waals surface area contributed by atoms with Gasteiger partial charge in [-0.05, 0) is 17.7 Å². The van der Waals surface area contributed by atoms with E-state index in [9.17, 15) is 18.3 Å². The Morgan fingerprint density at radius 2 is 1.95 bits per heavy atom. The second-order valence-electron chi connectivity index (χ2n) is 5.05. The topological polar surface area (TPSA) is 44.7 Å². The predicted molar refractivity (Wildman–Crippen MR) is 79.8 cm³/mol. The van der Waals surface area contributed by atoms with Crippen LogP contribution < -0.4 is 10.1 Å². The molecular formula is C14H20ClF3N2O2. The van der Waals surface area contributed by atoms with Crippen LogP contribution in [0.4, 0.5) is 13.2 Å². The van der Waals surface area contributed by atoms with Crippen LogP contribution >= 0.6 is 12.4 Å². The van der Waals surface area contributed by atoms with Crippen molar-refractivity contribution in [3.8, 4) is 11.5 Å². The molecule has 1 aromatic rings. The second kappa shape index (κ2) is 7.89. The fourth-order valence-electron chi connectivity index (χ4n) is 2.59. The van der Waals surface area contributed by atoms with Gasteiger partial charge in [0.1, 0.15) is 0 Å². The monoisotopic (exact) mass is 340 g/mol. The Morgan fingerprint density at radius 3 is 2.45 bits per heavy atom. The van der Waals surface area contributed by atoms with Crippen LogP contribution in [0.1, 0.15) is 18.0 Å². The number of nitrogens with one attached hydrogen (secondary N) is 1. The van der Waals surface area contributed by atoms with Gasteiger partial charge in [0, 0.05) is 32.2 Å². The molecule has 0 unspecified atom stereocenters. The number of rotatable bonds is 4. The molecule has 1 heterocycles. The fourth-order valence-corrected chi connectivity index (χ4v) is 2.59. The molecule has 0 aromatic heterocycles. The van der Waals surface area contributed by atoms with E-state index in [1.165, 1.54) is 19.2 Å². The molecular weight excluding hydrogens is 321 g/mol. The van der Waals surface area contributed by atoms with Gasteiger partial charge >= 0.3 is 6.18 Å². The number of hydrogen-bond acceptors (Lipinski definition) is 4. The van der Waals surface area contributed by atoms with Crippen LogP contribution in [0.2, 0.25) is 0 Å². The lowest BCUT2D eigenvalue weighted by Gasteiger charge is -2.35. The summed E-state index contributed by atoms with van der Waals surface area (Å²) in [5.41, 5.74) is 0.451. The molecule has 4 nitrogen and oxygen atoms in total. The van der Waals surface area contributed by atoms with E-state index >= 15 is 0 Å². The number of methoxy groups -OCH3 is 1. The van der Waals surface area contributed by atoms with Gasteiger partial charge in [0.15, 0.2) is 11.5 Å². The minimum absolute atomic E-state index is 0. The summed E-state index contributed by atoms with van der Waals surface area (Å²) in [6.45, 7) is 2.42. The molecule has 2 rings (SSSR count). The second-order valence-corrected chi connectivity index (χ2v) is 5.05. The number of ether oxygens (including phenoxy) is 1. The van der Waals surface area contributed by atoms with Crippen molar-refractivity contribution in [3.63, 3.8) is 0 Å². The zero-order valence-electron chi connectivity index (χ0n) is 12.2. The summed E-state index contributed by atoms with van der Waals surface area (Å²) in [5, 5.41) is 12.9. The first-order chi connectivity index (χ1) is 9.90. The minimum Gasteiger partial charge on any atom is -0.504 e. The van der Waals surface area contributed by atoms with Crippen LogP contribution in [-0.4, -0.2) is 49.5 Å². The highest BCUT2D eigenvalue weighted by Gasteiger charge is 2.36. The van der Waals surface area contributed by atoms with Crippen LogP contribution in [0.5, 0.6) is 11.5 Å². The number of hydrogen-bond donors (Lipinski definition) is 2. The zero-order chi connectivity index (χ0) is 15.5. The zero-order valence-corrected chi connectivity index (χ0v) is 13.0. The smallest absolute Gasteiger partial charge is 0.390 e. The maximum absolute atomic E-state index is 12.9. The van der Waals surface area contributed by atoms with Gasteiger partial charge in [-0.2, -0.15) is 13.2 Å². The van der Waals surface area contributed by atoms with Crippen molar-refractivity contribution in [2.75, 3.05) is 33.3 Å². The third-order valence-electron chi connectivity index (χ3n) is 3.60. The SMILES string of the molecule is COc1ccc([C@H](CC(F)(F)F)N2CCNCC2)cc1O.Cl. The Morgan fingerprint density at radius 1 is 1.32 bits per heavy atom. The van der Waals surface area contributed by atoms with Gasteiger partial charge in [-0.15, -0.1) is 12.4 Å². The van der Waals surface area contributed by atoms with Crippen LogP contribution in [0.15, 0.2) is 18.2 Å². The molecule has 22 heavy (non-hydrogen) atoms. The third-order valence-corrected chi connectivity index (χ3v) is 3.60. The molecule has 2 N–H and O–H groups in total. The van der Waals surface area contributed by atoms with E-state index in [0.717, 1.165) is 0 Å². The summed E-state index contributed by atoms with van der Waals surface area (Å²) in [4.78, 5) is 1.80. The summed E-state index contributed by atoms with van der Waals surface area (Å²) in [5.74, 6) is 0.113. The molecule has 0 saturated carbocycles. The van der Waals surface area contributed by atoms with Gasteiger partial charge in [0.25, 0.3) is 0 Å². The average molecular weight is 341 g/mol. The largest absolute Gasteiger partial charge is 0.504 e. The molecule has 1 saturated heterocycles. The summed E-state index contributed by atoms with van der Waals surface area (Å²) in [7, 11) is 1.40. The number of aromatic hydroxyl groups is 1. The van der Waals surface area contributed by atoms with Gasteiger partial charge in [0.05, 0.1) is 13.5 Å². The van der Waals surface area contributed by atoms with Crippen LogP contribution in [0.3, 0.4) is 0 Å². The summed E-state index contributed by atoms with van der Waals surface area (Å²) < 4.78 is 43.5. The average Bonchev–Trinajstić information content (AvgIpc) is 2.45. The van der Waals surface area contributed by atoms with Crippen molar-refractivity contribution in [1.29, 1.82) is 0 Å². The Bertz CT molecular complexity index is 480. The standard InChI is InChI=1S/C14H19F3N2O2.ClH/c1-21-13-3-2-10(8-12(13)20)11(9-14(15,16)17)19-6-4-18-5-7-19;/h2-3,8,11,18,20H,4-7,9H2,1H3;1H/t11-;/m0./s1. The quantitative estimate of drug-likeness (QED) is 0.884. The Kier molecular flexibility index (Phi) is 6.77. The maximum atomic E-state index is 12.9. The van der Waals surface area contributed by atoms with Crippen LogP contribution in [0.25, 0.3) is 0 Å².